The second-order valence-corrected chi connectivity index (χ2v) is 5.52. The van der Waals surface area contributed by atoms with Crippen LogP contribution in [0.3, 0.4) is 0 Å². The van der Waals surface area contributed by atoms with Crippen molar-refractivity contribution >= 4 is 5.69 Å². The van der Waals surface area contributed by atoms with Crippen LogP contribution >= 0.6 is 0 Å². The molecule has 0 atom stereocenters. The molecule has 0 aliphatic rings. The number of non-ortho nitro benzene ring substituents is 1. The van der Waals surface area contributed by atoms with Gasteiger partial charge in [0, 0.05) is 30.2 Å². The van der Waals surface area contributed by atoms with Crippen LogP contribution in [-0.2, 0) is 13.0 Å². The highest BCUT2D eigenvalue weighted by Gasteiger charge is 2.15. The van der Waals surface area contributed by atoms with Crippen LogP contribution in [0.2, 0.25) is 0 Å². The average Bonchev–Trinajstić information content (AvgIpc) is 2.84. The van der Waals surface area contributed by atoms with Gasteiger partial charge in [-0.3, -0.25) is 14.7 Å². The van der Waals surface area contributed by atoms with Crippen molar-refractivity contribution in [2.75, 3.05) is 0 Å². The van der Waals surface area contributed by atoms with Crippen molar-refractivity contribution < 1.29 is 15.1 Å². The number of nitro benzene ring substituents is 1. The van der Waals surface area contributed by atoms with Crippen molar-refractivity contribution in [3.05, 3.63) is 87.5 Å². The molecule has 0 aliphatic carbocycles. The number of nitro groups is 1. The second-order valence-electron chi connectivity index (χ2n) is 5.52. The minimum Gasteiger partial charge on any atom is -0.494 e. The van der Waals surface area contributed by atoms with Gasteiger partial charge in [-0.05, 0) is 11.1 Å². The summed E-state index contributed by atoms with van der Waals surface area (Å²) >= 11 is 0. The summed E-state index contributed by atoms with van der Waals surface area (Å²) in [6, 6.07) is 17.2. The van der Waals surface area contributed by atoms with Gasteiger partial charge in [-0.1, -0.05) is 42.5 Å². The summed E-state index contributed by atoms with van der Waals surface area (Å²) in [7, 11) is 0. The zero-order valence-corrected chi connectivity index (χ0v) is 12.8. The summed E-state index contributed by atoms with van der Waals surface area (Å²) < 4.78 is 1.43. The first kappa shape index (κ1) is 15.6. The molecular formula is C18H16N2O4. The van der Waals surface area contributed by atoms with Gasteiger partial charge in [-0.2, -0.15) is 0 Å². The molecule has 0 saturated heterocycles. The van der Waals surface area contributed by atoms with Crippen LogP contribution < -0.4 is 0 Å². The standard InChI is InChI=1S/C18H16N2O4/c21-17-11-15(10-13-6-8-16(9-7-13)20(23)24)18(22)19(17)12-14-4-2-1-3-5-14/h1-9,11,21-22H,10,12H2. The monoisotopic (exact) mass is 324 g/mol. The molecule has 6 heteroatoms. The van der Waals surface area contributed by atoms with Crippen LogP contribution in [0.15, 0.2) is 60.7 Å². The highest BCUT2D eigenvalue weighted by atomic mass is 16.6. The van der Waals surface area contributed by atoms with Gasteiger partial charge < -0.3 is 10.2 Å². The van der Waals surface area contributed by atoms with Crippen LogP contribution in [-0.4, -0.2) is 19.7 Å². The van der Waals surface area contributed by atoms with Crippen LogP contribution in [0.4, 0.5) is 5.69 Å². The summed E-state index contributed by atoms with van der Waals surface area (Å²) in [5, 5.41) is 31.1. The molecule has 0 unspecified atom stereocenters. The number of nitrogens with zero attached hydrogens (tertiary/aromatic N) is 2. The van der Waals surface area contributed by atoms with E-state index < -0.39 is 4.92 Å². The lowest BCUT2D eigenvalue weighted by atomic mass is 10.1. The van der Waals surface area contributed by atoms with Crippen molar-refractivity contribution in [3.63, 3.8) is 0 Å². The topological polar surface area (TPSA) is 88.5 Å². The molecular weight excluding hydrogens is 308 g/mol. The lowest BCUT2D eigenvalue weighted by Crippen LogP contribution is -1.98. The fourth-order valence-electron chi connectivity index (χ4n) is 2.59. The Bertz CT molecular complexity index is 855. The number of aromatic nitrogens is 1. The highest BCUT2D eigenvalue weighted by molar-refractivity contribution is 5.41. The smallest absolute Gasteiger partial charge is 0.269 e. The Kier molecular flexibility index (Phi) is 4.20. The van der Waals surface area contributed by atoms with Gasteiger partial charge in [0.1, 0.15) is 0 Å². The van der Waals surface area contributed by atoms with Crippen LogP contribution in [0, 0.1) is 10.1 Å². The first-order valence-corrected chi connectivity index (χ1v) is 7.42. The predicted octanol–water partition coefficient (Wildman–Crippen LogP) is 3.45. The molecule has 3 aromatic rings. The maximum absolute atomic E-state index is 10.7. The number of aromatic hydroxyl groups is 2. The number of hydrogen-bond donors (Lipinski definition) is 2. The first-order chi connectivity index (χ1) is 11.5. The van der Waals surface area contributed by atoms with Crippen LogP contribution in [0.5, 0.6) is 11.8 Å². The molecule has 0 fully saturated rings. The van der Waals surface area contributed by atoms with E-state index in [4.69, 9.17) is 0 Å². The van der Waals surface area contributed by atoms with E-state index >= 15 is 0 Å². The molecule has 3 rings (SSSR count). The maximum atomic E-state index is 10.7. The molecule has 2 aromatic carbocycles. The van der Waals surface area contributed by atoms with E-state index in [0.717, 1.165) is 11.1 Å². The predicted molar refractivity (Wildman–Crippen MR) is 89.2 cm³/mol. The van der Waals surface area contributed by atoms with Gasteiger partial charge in [-0.15, -0.1) is 0 Å². The molecule has 1 heterocycles. The Morgan fingerprint density at radius 2 is 1.62 bits per heavy atom. The Balaban J connectivity index is 1.82. The lowest BCUT2D eigenvalue weighted by molar-refractivity contribution is -0.384. The van der Waals surface area contributed by atoms with Crippen LogP contribution in [0.1, 0.15) is 16.7 Å². The van der Waals surface area contributed by atoms with E-state index in [1.54, 1.807) is 12.1 Å². The minimum atomic E-state index is -0.455. The Labute approximate surface area is 138 Å². The van der Waals surface area contributed by atoms with Crippen molar-refractivity contribution in [3.8, 4) is 11.8 Å². The van der Waals surface area contributed by atoms with E-state index in [0.29, 0.717) is 18.5 Å². The zero-order valence-electron chi connectivity index (χ0n) is 12.8. The zero-order chi connectivity index (χ0) is 17.1. The summed E-state index contributed by atoms with van der Waals surface area (Å²) in [4.78, 5) is 10.2. The fourth-order valence-corrected chi connectivity index (χ4v) is 2.59. The summed E-state index contributed by atoms with van der Waals surface area (Å²) in [6.07, 6.45) is 0.374. The van der Waals surface area contributed by atoms with Crippen molar-refractivity contribution in [1.82, 2.24) is 4.57 Å². The average molecular weight is 324 g/mol. The third-order valence-electron chi connectivity index (χ3n) is 3.85. The molecule has 0 aliphatic heterocycles. The number of benzene rings is 2. The normalized spacial score (nSPS) is 10.7. The Morgan fingerprint density at radius 1 is 0.958 bits per heavy atom. The van der Waals surface area contributed by atoms with E-state index in [2.05, 4.69) is 0 Å². The molecule has 0 radical (unpaired) electrons. The first-order valence-electron chi connectivity index (χ1n) is 7.42. The van der Waals surface area contributed by atoms with Gasteiger partial charge in [0.05, 0.1) is 11.5 Å². The molecule has 0 spiro atoms. The van der Waals surface area contributed by atoms with E-state index in [-0.39, 0.29) is 17.4 Å². The number of rotatable bonds is 5. The SMILES string of the molecule is O=[N+]([O-])c1ccc(Cc2cc(O)n(Cc3ccccc3)c2O)cc1. The molecule has 0 saturated carbocycles. The van der Waals surface area contributed by atoms with Gasteiger partial charge in [0.2, 0.25) is 0 Å². The van der Waals surface area contributed by atoms with E-state index in [9.17, 15) is 20.3 Å². The molecule has 24 heavy (non-hydrogen) atoms. The molecule has 0 bridgehead atoms. The van der Waals surface area contributed by atoms with E-state index in [1.807, 2.05) is 30.3 Å². The molecule has 122 valence electrons. The third kappa shape index (κ3) is 3.22. The van der Waals surface area contributed by atoms with E-state index in [1.165, 1.54) is 22.8 Å². The molecule has 6 nitrogen and oxygen atoms in total. The Morgan fingerprint density at radius 3 is 2.25 bits per heavy atom. The molecule has 2 N–H and O–H groups in total. The lowest BCUT2D eigenvalue weighted by Gasteiger charge is -2.07. The number of hydrogen-bond acceptors (Lipinski definition) is 4. The summed E-state index contributed by atoms with van der Waals surface area (Å²) in [5.41, 5.74) is 2.36. The molecule has 0 amide bonds. The molecule has 1 aromatic heterocycles. The quantitative estimate of drug-likeness (QED) is 0.556. The van der Waals surface area contributed by atoms with Gasteiger partial charge >= 0.3 is 0 Å². The van der Waals surface area contributed by atoms with Gasteiger partial charge in [0.15, 0.2) is 11.8 Å². The van der Waals surface area contributed by atoms with Crippen molar-refractivity contribution in [2.24, 2.45) is 0 Å². The maximum Gasteiger partial charge on any atom is 0.269 e. The van der Waals surface area contributed by atoms with Gasteiger partial charge in [0.25, 0.3) is 5.69 Å². The van der Waals surface area contributed by atoms with Crippen LogP contribution in [0.25, 0.3) is 0 Å². The van der Waals surface area contributed by atoms with Crippen molar-refractivity contribution in [2.45, 2.75) is 13.0 Å². The largest absolute Gasteiger partial charge is 0.494 e. The Hall–Kier alpha value is -3.28. The fraction of sp³-hybridized carbons (Fsp3) is 0.111. The van der Waals surface area contributed by atoms with Crippen molar-refractivity contribution in [1.29, 1.82) is 0 Å². The summed E-state index contributed by atoms with van der Waals surface area (Å²) in [5.74, 6) is -0.0250. The highest BCUT2D eigenvalue weighted by Crippen LogP contribution is 2.30. The second kappa shape index (κ2) is 6.45. The van der Waals surface area contributed by atoms with Gasteiger partial charge in [-0.25, -0.2) is 0 Å². The third-order valence-corrected chi connectivity index (χ3v) is 3.85. The summed E-state index contributed by atoms with van der Waals surface area (Å²) in [6.45, 7) is 0.360. The minimum absolute atomic E-state index is 0.00490.